The molecule has 0 spiro atoms. The minimum Gasteiger partial charge on any atom is -0.452 e. The molecule has 4 nitrogen and oxygen atoms in total. The summed E-state index contributed by atoms with van der Waals surface area (Å²) < 4.78 is 11.2. The number of carbonyl (C=O) groups is 2. The van der Waals surface area contributed by atoms with Gasteiger partial charge in [-0.1, -0.05) is 45.0 Å². The zero-order valence-corrected chi connectivity index (χ0v) is 15.5. The van der Waals surface area contributed by atoms with Crippen molar-refractivity contribution in [3.63, 3.8) is 0 Å². The van der Waals surface area contributed by atoms with E-state index in [1.807, 2.05) is 24.3 Å². The van der Waals surface area contributed by atoms with E-state index in [-0.39, 0.29) is 23.4 Å². The van der Waals surface area contributed by atoms with Crippen molar-refractivity contribution in [3.05, 3.63) is 64.4 Å². The van der Waals surface area contributed by atoms with Gasteiger partial charge in [-0.15, -0.1) is 0 Å². The van der Waals surface area contributed by atoms with Gasteiger partial charge in [0.15, 0.2) is 5.76 Å². The summed E-state index contributed by atoms with van der Waals surface area (Å²) in [5, 5.41) is 0. The van der Waals surface area contributed by atoms with Crippen LogP contribution in [-0.4, -0.2) is 11.8 Å². The number of hydrogen-bond donors (Lipinski definition) is 0. The average Bonchev–Trinajstić information content (AvgIpc) is 2.94. The maximum Gasteiger partial charge on any atom is 0.313 e. The van der Waals surface area contributed by atoms with Crippen molar-refractivity contribution in [2.24, 2.45) is 5.92 Å². The van der Waals surface area contributed by atoms with Crippen molar-refractivity contribution >= 4 is 17.8 Å². The van der Waals surface area contributed by atoms with Crippen LogP contribution < -0.4 is 9.47 Å². The number of hydrogen-bond acceptors (Lipinski definition) is 4. The van der Waals surface area contributed by atoms with E-state index in [9.17, 15) is 9.59 Å². The van der Waals surface area contributed by atoms with Crippen molar-refractivity contribution in [2.75, 3.05) is 0 Å². The number of fused-ring (bicyclic) bond motifs is 1. The molecule has 0 aliphatic carbocycles. The number of rotatable bonds is 4. The third-order valence-corrected chi connectivity index (χ3v) is 4.40. The molecule has 0 bridgehead atoms. The molecule has 0 saturated heterocycles. The topological polar surface area (TPSA) is 52.6 Å². The van der Waals surface area contributed by atoms with E-state index < -0.39 is 0 Å². The zero-order chi connectivity index (χ0) is 18.8. The van der Waals surface area contributed by atoms with E-state index in [4.69, 9.17) is 9.47 Å². The summed E-state index contributed by atoms with van der Waals surface area (Å²) >= 11 is 0. The summed E-state index contributed by atoms with van der Waals surface area (Å²) in [5.74, 6) is 0.448. The Morgan fingerprint density at radius 2 is 1.85 bits per heavy atom. The van der Waals surface area contributed by atoms with Crippen LogP contribution in [-0.2, 0) is 11.2 Å². The zero-order valence-electron chi connectivity index (χ0n) is 15.5. The van der Waals surface area contributed by atoms with Gasteiger partial charge in [-0.25, -0.2) is 0 Å². The van der Waals surface area contributed by atoms with Crippen molar-refractivity contribution in [1.29, 1.82) is 0 Å². The molecule has 4 heteroatoms. The number of Topliss-reactive ketones (excluding diaryl/α,β-unsaturated/α-hetero) is 1. The lowest BCUT2D eigenvalue weighted by atomic mass is 10.0. The second kappa shape index (κ2) is 7.16. The molecule has 0 saturated carbocycles. The van der Waals surface area contributed by atoms with Crippen molar-refractivity contribution in [1.82, 2.24) is 0 Å². The molecule has 2 aromatic carbocycles. The fraction of sp³-hybridized carbons (Fsp3) is 0.273. The Morgan fingerprint density at radius 1 is 1.15 bits per heavy atom. The van der Waals surface area contributed by atoms with E-state index in [1.165, 1.54) is 5.56 Å². The van der Waals surface area contributed by atoms with Crippen molar-refractivity contribution in [3.8, 4) is 11.5 Å². The number of benzene rings is 2. The van der Waals surface area contributed by atoms with Crippen LogP contribution in [0.5, 0.6) is 11.5 Å². The Kier molecular flexibility index (Phi) is 4.94. The smallest absolute Gasteiger partial charge is 0.313 e. The Balaban J connectivity index is 1.89. The van der Waals surface area contributed by atoms with Gasteiger partial charge in [-0.05, 0) is 42.7 Å². The van der Waals surface area contributed by atoms with Gasteiger partial charge < -0.3 is 9.47 Å². The number of aryl methyl sites for hydroxylation is 1. The lowest BCUT2D eigenvalue weighted by Crippen LogP contribution is -2.15. The normalized spacial score (nSPS) is 14.5. The van der Waals surface area contributed by atoms with Crippen molar-refractivity contribution < 1.29 is 19.1 Å². The van der Waals surface area contributed by atoms with Crippen LogP contribution in [0.2, 0.25) is 0 Å². The van der Waals surface area contributed by atoms with Crippen LogP contribution in [0.4, 0.5) is 0 Å². The lowest BCUT2D eigenvalue weighted by molar-refractivity contribution is -0.137. The van der Waals surface area contributed by atoms with E-state index >= 15 is 0 Å². The molecule has 0 N–H and O–H groups in total. The summed E-state index contributed by atoms with van der Waals surface area (Å²) in [6.45, 7) is 7.43. The molecule has 0 aromatic heterocycles. The maximum atomic E-state index is 12.6. The van der Waals surface area contributed by atoms with Crippen LogP contribution in [0.1, 0.15) is 47.8 Å². The molecule has 26 heavy (non-hydrogen) atoms. The van der Waals surface area contributed by atoms with Gasteiger partial charge in [0.1, 0.15) is 11.5 Å². The van der Waals surface area contributed by atoms with Gasteiger partial charge >= 0.3 is 5.97 Å². The highest BCUT2D eigenvalue weighted by Gasteiger charge is 2.30. The first kappa shape index (κ1) is 17.9. The second-order valence-corrected chi connectivity index (χ2v) is 6.68. The Morgan fingerprint density at radius 3 is 2.46 bits per heavy atom. The SMILES string of the molecule is CCc1ccc(/C=C2\Oc3c(ccc(OC(=O)C(C)C)c3C)C2=O)cc1. The van der Waals surface area contributed by atoms with Gasteiger partial charge in [-0.3, -0.25) is 9.59 Å². The molecule has 134 valence electrons. The van der Waals surface area contributed by atoms with E-state index in [0.29, 0.717) is 22.6 Å². The fourth-order valence-electron chi connectivity index (χ4n) is 2.71. The molecule has 3 rings (SSSR count). The molecular weight excluding hydrogens is 328 g/mol. The van der Waals surface area contributed by atoms with Crippen molar-refractivity contribution in [2.45, 2.75) is 34.1 Å². The molecule has 0 amide bonds. The Labute approximate surface area is 153 Å². The third-order valence-electron chi connectivity index (χ3n) is 4.40. The highest BCUT2D eigenvalue weighted by atomic mass is 16.5. The molecule has 1 heterocycles. The first-order valence-corrected chi connectivity index (χ1v) is 8.79. The van der Waals surface area contributed by atoms with Gasteiger partial charge in [0.25, 0.3) is 0 Å². The monoisotopic (exact) mass is 350 g/mol. The largest absolute Gasteiger partial charge is 0.452 e. The minimum atomic E-state index is -0.316. The molecule has 0 radical (unpaired) electrons. The van der Waals surface area contributed by atoms with Gasteiger partial charge in [-0.2, -0.15) is 0 Å². The summed E-state index contributed by atoms with van der Waals surface area (Å²) in [7, 11) is 0. The minimum absolute atomic E-state index is 0.163. The Hall–Kier alpha value is -2.88. The van der Waals surface area contributed by atoms with Crippen LogP contribution in [0.3, 0.4) is 0 Å². The predicted molar refractivity (Wildman–Crippen MR) is 100 cm³/mol. The van der Waals surface area contributed by atoms with E-state index in [2.05, 4.69) is 6.92 Å². The molecular formula is C22H22O4. The summed E-state index contributed by atoms with van der Waals surface area (Å²) in [4.78, 5) is 24.5. The third kappa shape index (κ3) is 3.40. The van der Waals surface area contributed by atoms with Crippen LogP contribution >= 0.6 is 0 Å². The highest BCUT2D eigenvalue weighted by molar-refractivity contribution is 6.15. The van der Waals surface area contributed by atoms with Crippen LogP contribution in [0.25, 0.3) is 6.08 Å². The molecule has 0 unspecified atom stereocenters. The van der Waals surface area contributed by atoms with Gasteiger partial charge in [0.05, 0.1) is 11.5 Å². The number of allylic oxidation sites excluding steroid dienone is 1. The number of ketones is 1. The molecule has 1 aliphatic heterocycles. The highest BCUT2D eigenvalue weighted by Crippen LogP contribution is 2.39. The standard InChI is InChI=1S/C22H22O4/c1-5-15-6-8-16(9-7-15)12-19-20(23)17-10-11-18(14(4)21(17)25-19)26-22(24)13(2)3/h6-13H,5H2,1-4H3/b19-12-. The summed E-state index contributed by atoms with van der Waals surface area (Å²) in [5.41, 5.74) is 3.28. The first-order chi connectivity index (χ1) is 12.4. The first-order valence-electron chi connectivity index (χ1n) is 8.79. The van der Waals surface area contributed by atoms with E-state index in [0.717, 1.165) is 12.0 Å². The summed E-state index contributed by atoms with van der Waals surface area (Å²) in [6, 6.07) is 11.3. The lowest BCUT2D eigenvalue weighted by Gasteiger charge is -2.11. The van der Waals surface area contributed by atoms with E-state index in [1.54, 1.807) is 39.0 Å². The fourth-order valence-corrected chi connectivity index (χ4v) is 2.71. The predicted octanol–water partition coefficient (Wildman–Crippen LogP) is 4.74. The van der Waals surface area contributed by atoms with Crippen LogP contribution in [0, 0.1) is 12.8 Å². The Bertz CT molecular complexity index is 889. The van der Waals surface area contributed by atoms with Gasteiger partial charge in [0.2, 0.25) is 5.78 Å². The maximum absolute atomic E-state index is 12.6. The van der Waals surface area contributed by atoms with Gasteiger partial charge in [0, 0.05) is 5.56 Å². The quantitative estimate of drug-likeness (QED) is 0.454. The summed E-state index contributed by atoms with van der Waals surface area (Å²) in [6.07, 6.45) is 2.70. The molecule has 2 aromatic rings. The van der Waals surface area contributed by atoms with Crippen LogP contribution in [0.15, 0.2) is 42.2 Å². The molecule has 0 atom stereocenters. The number of esters is 1. The molecule has 1 aliphatic rings. The molecule has 0 fully saturated rings. The number of ether oxygens (including phenoxy) is 2. The number of carbonyl (C=O) groups excluding carboxylic acids is 2. The average molecular weight is 350 g/mol. The second-order valence-electron chi connectivity index (χ2n) is 6.68.